The number of nitrogens with zero attached hydrogens (tertiary/aromatic N) is 2. The van der Waals surface area contributed by atoms with Crippen LogP contribution in [-0.4, -0.2) is 38.9 Å². The number of amides is 2. The van der Waals surface area contributed by atoms with E-state index in [1.54, 1.807) is 0 Å². The maximum atomic E-state index is 12.5. The van der Waals surface area contributed by atoms with Crippen LogP contribution in [0.1, 0.15) is 24.2 Å². The van der Waals surface area contributed by atoms with Crippen molar-refractivity contribution in [3.63, 3.8) is 0 Å². The maximum Gasteiger partial charge on any atom is 0.406 e. The predicted octanol–water partition coefficient (Wildman–Crippen LogP) is 2.72. The van der Waals surface area contributed by atoms with Gasteiger partial charge in [0.05, 0.1) is 6.54 Å². The molecule has 1 atom stereocenters. The van der Waals surface area contributed by atoms with Gasteiger partial charge in [0, 0.05) is 24.9 Å². The summed E-state index contributed by atoms with van der Waals surface area (Å²) in [6, 6.07) is 8.21. The molecule has 0 radical (unpaired) electrons. The lowest BCUT2D eigenvalue weighted by Crippen LogP contribution is -2.43. The van der Waals surface area contributed by atoms with Gasteiger partial charge < -0.3 is 20.3 Å². The Morgan fingerprint density at radius 2 is 1.93 bits per heavy atom. The van der Waals surface area contributed by atoms with Crippen molar-refractivity contribution in [1.82, 2.24) is 20.2 Å². The molecule has 0 fully saturated rings. The zero-order chi connectivity index (χ0) is 20.6. The zero-order valence-corrected chi connectivity index (χ0v) is 14.9. The number of benzene rings is 1. The van der Waals surface area contributed by atoms with E-state index in [1.807, 2.05) is 30.3 Å². The molecule has 2 aromatic rings. The number of alkyl halides is 3. The topological polar surface area (TPSA) is 96.2 Å². The number of carboxylic acid groups (broad SMARTS) is 1. The summed E-state index contributed by atoms with van der Waals surface area (Å²) in [5.74, 6) is -0.910. The highest BCUT2D eigenvalue weighted by atomic mass is 19.4. The molecule has 28 heavy (non-hydrogen) atoms. The molecule has 152 valence electrons. The fourth-order valence-corrected chi connectivity index (χ4v) is 2.66. The van der Waals surface area contributed by atoms with E-state index in [2.05, 4.69) is 15.6 Å². The van der Waals surface area contributed by atoms with Crippen molar-refractivity contribution in [2.24, 2.45) is 0 Å². The summed E-state index contributed by atoms with van der Waals surface area (Å²) < 4.78 is 38.5. The van der Waals surface area contributed by atoms with E-state index >= 15 is 0 Å². The molecule has 10 heteroatoms. The van der Waals surface area contributed by atoms with Crippen LogP contribution in [0.4, 0.5) is 18.0 Å². The van der Waals surface area contributed by atoms with Crippen molar-refractivity contribution in [3.8, 4) is 0 Å². The van der Waals surface area contributed by atoms with Gasteiger partial charge in [-0.05, 0) is 18.4 Å². The minimum Gasteiger partial charge on any atom is -0.481 e. The first-order valence-corrected chi connectivity index (χ1v) is 8.60. The second kappa shape index (κ2) is 9.77. The van der Waals surface area contributed by atoms with Gasteiger partial charge in [-0.1, -0.05) is 30.3 Å². The lowest BCUT2D eigenvalue weighted by Gasteiger charge is -2.19. The molecule has 2 amide bonds. The molecule has 3 N–H and O–H groups in total. The summed E-state index contributed by atoms with van der Waals surface area (Å²) in [5.41, 5.74) is 0.930. The number of urea groups is 1. The third-order valence-electron chi connectivity index (χ3n) is 3.93. The number of hydrogen-bond acceptors (Lipinski definition) is 3. The minimum absolute atomic E-state index is 0.0672. The molecular weight excluding hydrogens is 377 g/mol. The molecule has 0 aliphatic rings. The lowest BCUT2D eigenvalue weighted by atomic mass is 10.0. The maximum absolute atomic E-state index is 12.5. The molecule has 0 aliphatic heterocycles. The van der Waals surface area contributed by atoms with Crippen molar-refractivity contribution < 1.29 is 27.9 Å². The van der Waals surface area contributed by atoms with Crippen LogP contribution >= 0.6 is 0 Å². The van der Waals surface area contributed by atoms with Gasteiger partial charge in [-0.3, -0.25) is 4.79 Å². The highest BCUT2D eigenvalue weighted by Gasteiger charge is 2.28. The van der Waals surface area contributed by atoms with E-state index < -0.39 is 30.8 Å². The van der Waals surface area contributed by atoms with Crippen molar-refractivity contribution in [2.45, 2.75) is 44.6 Å². The Labute approximate surface area is 159 Å². The number of carbonyl (C=O) groups is 2. The van der Waals surface area contributed by atoms with Crippen molar-refractivity contribution >= 4 is 12.0 Å². The van der Waals surface area contributed by atoms with Gasteiger partial charge in [0.1, 0.15) is 12.4 Å². The summed E-state index contributed by atoms with van der Waals surface area (Å²) in [4.78, 5) is 26.8. The molecule has 0 bridgehead atoms. The summed E-state index contributed by atoms with van der Waals surface area (Å²) in [5, 5.41) is 14.0. The number of hydrogen-bond donors (Lipinski definition) is 3. The van der Waals surface area contributed by atoms with E-state index in [0.29, 0.717) is 6.42 Å². The average Bonchev–Trinajstić information content (AvgIpc) is 3.04. The molecule has 2 rings (SSSR count). The number of aliphatic carboxylic acids is 1. The molecule has 1 unspecified atom stereocenters. The van der Waals surface area contributed by atoms with Crippen LogP contribution in [0.15, 0.2) is 42.7 Å². The van der Waals surface area contributed by atoms with Gasteiger partial charge in [0.15, 0.2) is 0 Å². The Bertz CT molecular complexity index is 778. The summed E-state index contributed by atoms with van der Waals surface area (Å²) in [7, 11) is 0. The molecule has 0 aliphatic carbocycles. The van der Waals surface area contributed by atoms with E-state index in [0.717, 1.165) is 10.1 Å². The smallest absolute Gasteiger partial charge is 0.406 e. The van der Waals surface area contributed by atoms with Crippen LogP contribution in [0.5, 0.6) is 0 Å². The lowest BCUT2D eigenvalue weighted by molar-refractivity contribution is -0.141. The van der Waals surface area contributed by atoms with E-state index in [-0.39, 0.29) is 25.2 Å². The molecular formula is C18H21F3N4O3. The number of imidazole rings is 1. The van der Waals surface area contributed by atoms with Gasteiger partial charge in [0.25, 0.3) is 0 Å². The van der Waals surface area contributed by atoms with Gasteiger partial charge in [0.2, 0.25) is 0 Å². The first kappa shape index (κ1) is 21.3. The third kappa shape index (κ3) is 7.68. The first-order chi connectivity index (χ1) is 13.2. The number of aromatic nitrogens is 2. The monoisotopic (exact) mass is 398 g/mol. The zero-order valence-electron chi connectivity index (χ0n) is 14.9. The molecule has 1 heterocycles. The van der Waals surface area contributed by atoms with Crippen LogP contribution in [-0.2, 0) is 24.3 Å². The molecule has 0 saturated heterocycles. The van der Waals surface area contributed by atoms with Crippen molar-refractivity contribution in [1.29, 1.82) is 0 Å². The van der Waals surface area contributed by atoms with Crippen molar-refractivity contribution in [2.75, 3.05) is 0 Å². The number of rotatable bonds is 9. The Morgan fingerprint density at radius 1 is 1.21 bits per heavy atom. The van der Waals surface area contributed by atoms with Crippen LogP contribution in [0, 0.1) is 0 Å². The van der Waals surface area contributed by atoms with Crippen LogP contribution < -0.4 is 10.6 Å². The molecule has 7 nitrogen and oxygen atoms in total. The summed E-state index contributed by atoms with van der Waals surface area (Å²) >= 11 is 0. The van der Waals surface area contributed by atoms with Gasteiger partial charge in [-0.25, -0.2) is 9.78 Å². The Morgan fingerprint density at radius 3 is 2.57 bits per heavy atom. The SMILES string of the molecule is O=C(O)CCC(Cc1ccccc1)NC(=O)NCc1nccn1CC(F)(F)F. The standard InChI is InChI=1S/C18H21F3N4O3/c19-18(20,21)12-25-9-8-22-15(25)11-23-17(28)24-14(6-7-16(26)27)10-13-4-2-1-3-5-13/h1-5,8-9,14H,6-7,10-12H2,(H,26,27)(H2,23,24,28). The number of carboxylic acids is 1. The Balaban J connectivity index is 1.92. The van der Waals surface area contributed by atoms with Gasteiger partial charge in [-0.2, -0.15) is 13.2 Å². The Hall–Kier alpha value is -3.04. The van der Waals surface area contributed by atoms with Crippen LogP contribution in [0.2, 0.25) is 0 Å². The van der Waals surface area contributed by atoms with Gasteiger partial charge >= 0.3 is 18.2 Å². The van der Waals surface area contributed by atoms with E-state index in [4.69, 9.17) is 5.11 Å². The van der Waals surface area contributed by atoms with Crippen LogP contribution in [0.3, 0.4) is 0 Å². The molecule has 0 saturated carbocycles. The van der Waals surface area contributed by atoms with Crippen LogP contribution in [0.25, 0.3) is 0 Å². The van der Waals surface area contributed by atoms with Crippen molar-refractivity contribution in [3.05, 3.63) is 54.1 Å². The predicted molar refractivity (Wildman–Crippen MR) is 94.5 cm³/mol. The number of nitrogens with one attached hydrogen (secondary N) is 2. The number of carbonyl (C=O) groups excluding carboxylic acids is 1. The highest BCUT2D eigenvalue weighted by Crippen LogP contribution is 2.18. The summed E-state index contributed by atoms with van der Waals surface area (Å²) in [6.45, 7) is -1.38. The molecule has 1 aromatic carbocycles. The number of halogens is 3. The third-order valence-corrected chi connectivity index (χ3v) is 3.93. The fraction of sp³-hybridized carbons (Fsp3) is 0.389. The first-order valence-electron chi connectivity index (χ1n) is 8.60. The van der Waals surface area contributed by atoms with E-state index in [1.165, 1.54) is 12.4 Å². The second-order valence-electron chi connectivity index (χ2n) is 6.23. The Kier molecular flexibility index (Phi) is 7.42. The normalized spacial score (nSPS) is 12.4. The molecule has 1 aromatic heterocycles. The quantitative estimate of drug-likeness (QED) is 0.605. The molecule has 0 spiro atoms. The highest BCUT2D eigenvalue weighted by molar-refractivity contribution is 5.74. The minimum atomic E-state index is -4.39. The fourth-order valence-electron chi connectivity index (χ4n) is 2.66. The summed E-state index contributed by atoms with van der Waals surface area (Å²) in [6.07, 6.45) is -1.44. The van der Waals surface area contributed by atoms with E-state index in [9.17, 15) is 22.8 Å². The average molecular weight is 398 g/mol. The second-order valence-corrected chi connectivity index (χ2v) is 6.23. The largest absolute Gasteiger partial charge is 0.481 e. The van der Waals surface area contributed by atoms with Gasteiger partial charge in [-0.15, -0.1) is 0 Å².